The fourth-order valence-electron chi connectivity index (χ4n) is 3.34. The standard InChI is InChI=1S/C21H16ClFN8O/c1-29-10-15(19(28-29)12-3-5-13(23)6-4-12)16-7-8-18-25-17(11-31(18)27-16)26-21(32)14-9-24-30(2)20(14)22/h3-11H,1-2H3,(H,26,32). The molecule has 1 aromatic carbocycles. The van der Waals surface area contributed by atoms with Crippen LogP contribution < -0.4 is 5.32 Å². The number of hydrogen-bond donors (Lipinski definition) is 1. The van der Waals surface area contributed by atoms with Crippen molar-refractivity contribution in [3.05, 3.63) is 71.5 Å². The molecule has 32 heavy (non-hydrogen) atoms. The topological polar surface area (TPSA) is 94.9 Å². The van der Waals surface area contributed by atoms with Crippen molar-refractivity contribution >= 4 is 29.0 Å². The summed E-state index contributed by atoms with van der Waals surface area (Å²) in [6, 6.07) is 9.74. The number of halogens is 2. The van der Waals surface area contributed by atoms with Crippen LogP contribution in [0.25, 0.3) is 28.2 Å². The van der Waals surface area contributed by atoms with Crippen LogP contribution in [0.5, 0.6) is 0 Å². The minimum absolute atomic E-state index is 0.233. The van der Waals surface area contributed by atoms with Crippen molar-refractivity contribution in [2.45, 2.75) is 0 Å². The fourth-order valence-corrected chi connectivity index (χ4v) is 3.52. The van der Waals surface area contributed by atoms with Gasteiger partial charge in [0.1, 0.15) is 16.7 Å². The summed E-state index contributed by atoms with van der Waals surface area (Å²) in [5, 5.41) is 16.0. The summed E-state index contributed by atoms with van der Waals surface area (Å²) in [5.74, 6) is -0.409. The molecule has 11 heteroatoms. The molecule has 0 fully saturated rings. The van der Waals surface area contributed by atoms with Gasteiger partial charge in [-0.05, 0) is 36.4 Å². The molecule has 0 spiro atoms. The predicted molar refractivity (Wildman–Crippen MR) is 117 cm³/mol. The maximum Gasteiger partial charge on any atom is 0.261 e. The minimum atomic E-state index is -0.419. The average Bonchev–Trinajstić information content (AvgIpc) is 3.45. The number of aryl methyl sites for hydroxylation is 2. The Morgan fingerprint density at radius 2 is 1.84 bits per heavy atom. The maximum atomic E-state index is 13.3. The molecule has 5 aromatic rings. The van der Waals surface area contributed by atoms with Crippen LogP contribution in [-0.2, 0) is 14.1 Å². The van der Waals surface area contributed by atoms with Gasteiger partial charge in [0, 0.05) is 31.4 Å². The van der Waals surface area contributed by atoms with Crippen LogP contribution in [0.2, 0.25) is 5.15 Å². The number of carbonyl (C=O) groups is 1. The third kappa shape index (κ3) is 3.50. The summed E-state index contributed by atoms with van der Waals surface area (Å²) in [6.45, 7) is 0. The fraction of sp³-hybridized carbons (Fsp3) is 0.0952. The highest BCUT2D eigenvalue weighted by atomic mass is 35.5. The van der Waals surface area contributed by atoms with E-state index in [0.29, 0.717) is 22.9 Å². The van der Waals surface area contributed by atoms with E-state index in [2.05, 4.69) is 25.6 Å². The summed E-state index contributed by atoms with van der Waals surface area (Å²) >= 11 is 6.09. The number of rotatable bonds is 4. The number of fused-ring (bicyclic) bond motifs is 1. The minimum Gasteiger partial charge on any atom is -0.305 e. The van der Waals surface area contributed by atoms with E-state index < -0.39 is 5.91 Å². The Morgan fingerprint density at radius 1 is 1.06 bits per heavy atom. The number of hydrogen-bond acceptors (Lipinski definition) is 5. The van der Waals surface area contributed by atoms with Gasteiger partial charge in [0.25, 0.3) is 5.91 Å². The van der Waals surface area contributed by atoms with E-state index in [9.17, 15) is 9.18 Å². The van der Waals surface area contributed by atoms with E-state index in [1.807, 2.05) is 19.3 Å². The van der Waals surface area contributed by atoms with Gasteiger partial charge in [0.05, 0.1) is 23.7 Å². The van der Waals surface area contributed by atoms with E-state index in [0.717, 1.165) is 11.1 Å². The van der Waals surface area contributed by atoms with Gasteiger partial charge in [-0.3, -0.25) is 14.2 Å². The van der Waals surface area contributed by atoms with Crippen molar-refractivity contribution in [1.29, 1.82) is 0 Å². The van der Waals surface area contributed by atoms with E-state index in [1.54, 1.807) is 40.6 Å². The molecular formula is C21H16ClFN8O. The van der Waals surface area contributed by atoms with Crippen molar-refractivity contribution in [3.63, 3.8) is 0 Å². The molecule has 0 aliphatic carbocycles. The number of imidazole rings is 1. The number of anilines is 1. The molecule has 0 aliphatic rings. The summed E-state index contributed by atoms with van der Waals surface area (Å²) in [6.07, 6.45) is 4.84. The van der Waals surface area contributed by atoms with Crippen LogP contribution in [0.15, 0.2) is 55.0 Å². The van der Waals surface area contributed by atoms with Gasteiger partial charge in [0.2, 0.25) is 0 Å². The largest absolute Gasteiger partial charge is 0.305 e. The molecule has 0 bridgehead atoms. The van der Waals surface area contributed by atoms with Gasteiger partial charge >= 0.3 is 0 Å². The lowest BCUT2D eigenvalue weighted by atomic mass is 10.1. The van der Waals surface area contributed by atoms with Gasteiger partial charge in [-0.2, -0.15) is 15.3 Å². The Hall–Kier alpha value is -4.05. The zero-order chi connectivity index (χ0) is 22.4. The van der Waals surface area contributed by atoms with Crippen LogP contribution in [0.3, 0.4) is 0 Å². The summed E-state index contributed by atoms with van der Waals surface area (Å²) in [4.78, 5) is 16.9. The molecule has 9 nitrogen and oxygen atoms in total. The second-order valence-corrected chi connectivity index (χ2v) is 7.50. The first-order chi connectivity index (χ1) is 15.4. The van der Waals surface area contributed by atoms with Crippen molar-refractivity contribution in [2.24, 2.45) is 14.1 Å². The highest BCUT2D eigenvalue weighted by molar-refractivity contribution is 6.33. The Balaban J connectivity index is 1.48. The number of carbonyl (C=O) groups excluding carboxylic acids is 1. The molecule has 0 saturated heterocycles. The van der Waals surface area contributed by atoms with Gasteiger partial charge < -0.3 is 5.32 Å². The van der Waals surface area contributed by atoms with Gasteiger partial charge in [-0.1, -0.05) is 11.6 Å². The third-order valence-electron chi connectivity index (χ3n) is 4.90. The van der Waals surface area contributed by atoms with Gasteiger partial charge in [-0.15, -0.1) is 0 Å². The third-order valence-corrected chi connectivity index (χ3v) is 5.34. The summed E-state index contributed by atoms with van der Waals surface area (Å²) in [7, 11) is 3.46. The van der Waals surface area contributed by atoms with Crippen LogP contribution >= 0.6 is 11.6 Å². The zero-order valence-corrected chi connectivity index (χ0v) is 17.7. The van der Waals surface area contributed by atoms with Crippen LogP contribution in [0.1, 0.15) is 10.4 Å². The normalized spacial score (nSPS) is 11.2. The van der Waals surface area contributed by atoms with Gasteiger partial charge in [0.15, 0.2) is 11.5 Å². The lowest BCUT2D eigenvalue weighted by Gasteiger charge is -2.03. The monoisotopic (exact) mass is 450 g/mol. The molecule has 1 amide bonds. The molecule has 4 heterocycles. The number of aromatic nitrogens is 7. The number of nitrogens with zero attached hydrogens (tertiary/aromatic N) is 7. The molecule has 1 N–H and O–H groups in total. The van der Waals surface area contributed by atoms with Crippen molar-refractivity contribution in [1.82, 2.24) is 34.2 Å². The molecule has 5 rings (SSSR count). The van der Waals surface area contributed by atoms with E-state index in [-0.39, 0.29) is 16.5 Å². The van der Waals surface area contributed by atoms with Crippen LogP contribution in [-0.4, -0.2) is 40.1 Å². The molecule has 0 aliphatic heterocycles. The molecule has 160 valence electrons. The smallest absolute Gasteiger partial charge is 0.261 e. The lowest BCUT2D eigenvalue weighted by molar-refractivity contribution is 0.102. The number of nitrogens with one attached hydrogen (secondary N) is 1. The number of amides is 1. The maximum absolute atomic E-state index is 13.3. The van der Waals surface area contributed by atoms with Crippen molar-refractivity contribution < 1.29 is 9.18 Å². The first-order valence-corrected chi connectivity index (χ1v) is 9.92. The van der Waals surface area contributed by atoms with E-state index in [4.69, 9.17) is 11.6 Å². The van der Waals surface area contributed by atoms with Crippen LogP contribution in [0.4, 0.5) is 10.2 Å². The summed E-state index contributed by atoms with van der Waals surface area (Å²) < 4.78 is 18.0. The zero-order valence-electron chi connectivity index (χ0n) is 17.0. The molecule has 0 saturated carbocycles. The Kier molecular flexibility index (Phi) is 4.71. The first-order valence-electron chi connectivity index (χ1n) is 9.54. The SMILES string of the molecule is Cn1cc(-c2ccc3nc(NC(=O)c4cnn(C)c4Cl)cn3n2)c(-c2ccc(F)cc2)n1. The van der Waals surface area contributed by atoms with Gasteiger partial charge in [-0.25, -0.2) is 13.9 Å². The Labute approximate surface area is 186 Å². The molecule has 0 radical (unpaired) electrons. The lowest BCUT2D eigenvalue weighted by Crippen LogP contribution is -2.12. The molecule has 0 atom stereocenters. The summed E-state index contributed by atoms with van der Waals surface area (Å²) in [5.41, 5.74) is 3.68. The molecular weight excluding hydrogens is 435 g/mol. The highest BCUT2D eigenvalue weighted by Gasteiger charge is 2.17. The predicted octanol–water partition coefficient (Wildman–Crippen LogP) is 3.58. The highest BCUT2D eigenvalue weighted by Crippen LogP contribution is 2.30. The van der Waals surface area contributed by atoms with Crippen molar-refractivity contribution in [2.75, 3.05) is 5.32 Å². The van der Waals surface area contributed by atoms with Crippen molar-refractivity contribution in [3.8, 4) is 22.5 Å². The second kappa shape index (κ2) is 7.57. The molecule has 4 aromatic heterocycles. The molecule has 0 unspecified atom stereocenters. The average molecular weight is 451 g/mol. The Bertz CT molecular complexity index is 1470. The quantitative estimate of drug-likeness (QED) is 0.451. The van der Waals surface area contributed by atoms with E-state index >= 15 is 0 Å². The van der Waals surface area contributed by atoms with E-state index in [1.165, 1.54) is 23.0 Å². The second-order valence-electron chi connectivity index (χ2n) is 7.15. The Morgan fingerprint density at radius 3 is 2.56 bits per heavy atom. The first kappa shape index (κ1) is 19.9. The number of benzene rings is 1. The van der Waals surface area contributed by atoms with Crippen LogP contribution in [0, 0.1) is 5.82 Å².